The fourth-order valence-corrected chi connectivity index (χ4v) is 4.11. The molecule has 0 radical (unpaired) electrons. The molecule has 1 heterocycles. The summed E-state index contributed by atoms with van der Waals surface area (Å²) in [5.41, 5.74) is -0.0686. The number of piperazine rings is 1. The minimum Gasteiger partial charge on any atom is -0.497 e. The van der Waals surface area contributed by atoms with Gasteiger partial charge in [0.2, 0.25) is 15.9 Å². The topological polar surface area (TPSA) is 66.9 Å². The van der Waals surface area contributed by atoms with E-state index < -0.39 is 10.0 Å². The lowest BCUT2D eigenvalue weighted by molar-refractivity contribution is -0.134. The molecule has 1 aromatic carbocycles. The zero-order valence-corrected chi connectivity index (χ0v) is 15.6. The van der Waals surface area contributed by atoms with Gasteiger partial charge in [-0.2, -0.15) is 4.31 Å². The molecule has 0 saturated carbocycles. The van der Waals surface area contributed by atoms with E-state index >= 15 is 0 Å². The maximum absolute atomic E-state index is 12.7. The van der Waals surface area contributed by atoms with E-state index in [-0.39, 0.29) is 16.2 Å². The van der Waals surface area contributed by atoms with Crippen LogP contribution in [0.25, 0.3) is 0 Å². The van der Waals surface area contributed by atoms with E-state index in [1.807, 2.05) is 20.8 Å². The second-order valence-corrected chi connectivity index (χ2v) is 9.14. The fraction of sp³-hybridized carbons (Fsp3) is 0.588. The van der Waals surface area contributed by atoms with Crippen LogP contribution in [0, 0.1) is 5.41 Å². The number of carbonyl (C=O) groups excluding carboxylic acids is 1. The number of carbonyl (C=O) groups is 1. The summed E-state index contributed by atoms with van der Waals surface area (Å²) < 4.78 is 32.0. The maximum Gasteiger partial charge on any atom is 0.243 e. The molecule has 6 nitrogen and oxygen atoms in total. The minimum atomic E-state index is -3.56. The molecule has 134 valence electrons. The third kappa shape index (κ3) is 4.48. The predicted molar refractivity (Wildman–Crippen MR) is 92.4 cm³/mol. The van der Waals surface area contributed by atoms with Crippen molar-refractivity contribution < 1.29 is 17.9 Å². The number of methoxy groups -OCH3 is 1. The quantitative estimate of drug-likeness (QED) is 0.829. The summed E-state index contributed by atoms with van der Waals surface area (Å²) in [5, 5.41) is 0. The lowest BCUT2D eigenvalue weighted by Gasteiger charge is -2.35. The number of nitrogens with zero attached hydrogens (tertiary/aromatic N) is 2. The molecule has 7 heteroatoms. The van der Waals surface area contributed by atoms with Gasteiger partial charge in [0.15, 0.2) is 0 Å². The Bertz CT molecular complexity index is 687. The first-order valence-electron chi connectivity index (χ1n) is 8.05. The number of benzene rings is 1. The number of rotatable bonds is 4. The van der Waals surface area contributed by atoms with E-state index in [1.54, 1.807) is 23.1 Å². The molecule has 0 N–H and O–H groups in total. The van der Waals surface area contributed by atoms with Gasteiger partial charge < -0.3 is 9.64 Å². The van der Waals surface area contributed by atoms with Crippen LogP contribution in [-0.4, -0.2) is 56.8 Å². The zero-order chi connectivity index (χ0) is 18.0. The molecule has 1 aromatic rings. The highest BCUT2D eigenvalue weighted by Gasteiger charge is 2.31. The third-order valence-corrected chi connectivity index (χ3v) is 5.85. The Morgan fingerprint density at radius 1 is 1.17 bits per heavy atom. The molecule has 1 fully saturated rings. The Labute approximate surface area is 144 Å². The number of hydrogen-bond acceptors (Lipinski definition) is 4. The average Bonchev–Trinajstić information content (AvgIpc) is 2.53. The summed E-state index contributed by atoms with van der Waals surface area (Å²) in [6.07, 6.45) is 0.468. The average molecular weight is 354 g/mol. The first-order chi connectivity index (χ1) is 11.1. The van der Waals surface area contributed by atoms with Gasteiger partial charge in [-0.15, -0.1) is 0 Å². The summed E-state index contributed by atoms with van der Waals surface area (Å²) in [7, 11) is -2.06. The number of sulfonamides is 1. The van der Waals surface area contributed by atoms with Gasteiger partial charge in [0.05, 0.1) is 12.0 Å². The number of amides is 1. The molecule has 1 aliphatic heterocycles. The highest BCUT2D eigenvalue weighted by atomic mass is 32.2. The molecule has 1 aliphatic rings. The first-order valence-corrected chi connectivity index (χ1v) is 9.49. The van der Waals surface area contributed by atoms with Gasteiger partial charge in [0, 0.05) is 38.7 Å². The van der Waals surface area contributed by atoms with Gasteiger partial charge in [-0.05, 0) is 17.5 Å². The van der Waals surface area contributed by atoms with Crippen molar-refractivity contribution in [1.29, 1.82) is 0 Å². The monoisotopic (exact) mass is 354 g/mol. The Morgan fingerprint density at radius 3 is 2.33 bits per heavy atom. The highest BCUT2D eigenvalue weighted by molar-refractivity contribution is 7.89. The Kier molecular flexibility index (Phi) is 5.55. The molecule has 0 bridgehead atoms. The number of hydrogen-bond donors (Lipinski definition) is 0. The van der Waals surface area contributed by atoms with E-state index in [0.717, 1.165) is 0 Å². The molecular formula is C17H26N2O4S. The van der Waals surface area contributed by atoms with Crippen molar-refractivity contribution in [2.75, 3.05) is 33.3 Å². The van der Waals surface area contributed by atoms with E-state index in [0.29, 0.717) is 38.3 Å². The fourth-order valence-electron chi connectivity index (χ4n) is 2.65. The first kappa shape index (κ1) is 18.7. The Hall–Kier alpha value is -1.60. The third-order valence-electron chi connectivity index (χ3n) is 3.95. The van der Waals surface area contributed by atoms with Crippen LogP contribution in [0.5, 0.6) is 5.75 Å². The summed E-state index contributed by atoms with van der Waals surface area (Å²) in [6, 6.07) is 6.46. The Morgan fingerprint density at radius 2 is 1.79 bits per heavy atom. The van der Waals surface area contributed by atoms with Crippen molar-refractivity contribution in [3.8, 4) is 5.75 Å². The highest BCUT2D eigenvalue weighted by Crippen LogP contribution is 2.23. The summed E-state index contributed by atoms with van der Waals surface area (Å²) in [4.78, 5) is 14.2. The molecule has 2 rings (SSSR count). The van der Waals surface area contributed by atoms with Gasteiger partial charge in [-0.3, -0.25) is 4.79 Å². The lowest BCUT2D eigenvalue weighted by Crippen LogP contribution is -2.50. The van der Waals surface area contributed by atoms with Crippen LogP contribution in [0.1, 0.15) is 27.2 Å². The molecule has 24 heavy (non-hydrogen) atoms. The van der Waals surface area contributed by atoms with E-state index in [1.165, 1.54) is 17.5 Å². The zero-order valence-electron chi connectivity index (χ0n) is 14.8. The Balaban J connectivity index is 2.04. The van der Waals surface area contributed by atoms with E-state index in [2.05, 4.69) is 0 Å². The van der Waals surface area contributed by atoms with Gasteiger partial charge in [-0.25, -0.2) is 8.42 Å². The second-order valence-electron chi connectivity index (χ2n) is 7.20. The van der Waals surface area contributed by atoms with Crippen LogP contribution in [0.3, 0.4) is 0 Å². The summed E-state index contributed by atoms with van der Waals surface area (Å²) in [6.45, 7) is 7.55. The van der Waals surface area contributed by atoms with Crippen LogP contribution in [0.15, 0.2) is 29.2 Å². The number of ether oxygens (including phenoxy) is 1. The van der Waals surface area contributed by atoms with Crippen LogP contribution < -0.4 is 4.74 Å². The van der Waals surface area contributed by atoms with Gasteiger partial charge >= 0.3 is 0 Å². The standard InChI is InChI=1S/C17H26N2O4S/c1-17(2,3)13-16(20)18-8-10-19(11-9-18)24(21,22)15-7-5-6-14(12-15)23-4/h5-7,12H,8-11,13H2,1-4H3. The van der Waals surface area contributed by atoms with Crippen molar-refractivity contribution in [2.45, 2.75) is 32.1 Å². The lowest BCUT2D eigenvalue weighted by atomic mass is 9.91. The molecule has 1 saturated heterocycles. The van der Waals surface area contributed by atoms with Gasteiger partial charge in [0.25, 0.3) is 0 Å². The second kappa shape index (κ2) is 7.11. The van der Waals surface area contributed by atoms with Crippen LogP contribution >= 0.6 is 0 Å². The maximum atomic E-state index is 12.7. The molecule has 1 amide bonds. The summed E-state index contributed by atoms with van der Waals surface area (Å²) >= 11 is 0. The van der Waals surface area contributed by atoms with E-state index in [4.69, 9.17) is 4.74 Å². The largest absolute Gasteiger partial charge is 0.497 e. The van der Waals surface area contributed by atoms with Crippen molar-refractivity contribution in [2.24, 2.45) is 5.41 Å². The molecule has 0 atom stereocenters. The predicted octanol–water partition coefficient (Wildman–Crippen LogP) is 1.96. The minimum absolute atomic E-state index is 0.0686. The molecular weight excluding hydrogens is 328 g/mol. The van der Waals surface area contributed by atoms with Gasteiger partial charge in [-0.1, -0.05) is 26.8 Å². The van der Waals surface area contributed by atoms with E-state index in [9.17, 15) is 13.2 Å². The SMILES string of the molecule is COc1cccc(S(=O)(=O)N2CCN(C(=O)CC(C)(C)C)CC2)c1. The summed E-state index contributed by atoms with van der Waals surface area (Å²) in [5.74, 6) is 0.594. The molecule has 0 aromatic heterocycles. The smallest absolute Gasteiger partial charge is 0.243 e. The van der Waals surface area contributed by atoms with Crippen molar-refractivity contribution in [1.82, 2.24) is 9.21 Å². The van der Waals surface area contributed by atoms with Crippen LogP contribution in [0.4, 0.5) is 0 Å². The van der Waals surface area contributed by atoms with Crippen molar-refractivity contribution in [3.63, 3.8) is 0 Å². The molecule has 0 aliphatic carbocycles. The van der Waals surface area contributed by atoms with Crippen molar-refractivity contribution in [3.05, 3.63) is 24.3 Å². The normalized spacial score (nSPS) is 16.9. The van der Waals surface area contributed by atoms with Gasteiger partial charge in [0.1, 0.15) is 5.75 Å². The molecule has 0 spiro atoms. The van der Waals surface area contributed by atoms with Crippen molar-refractivity contribution >= 4 is 15.9 Å². The van der Waals surface area contributed by atoms with Crippen LogP contribution in [-0.2, 0) is 14.8 Å². The van der Waals surface area contributed by atoms with Crippen LogP contribution in [0.2, 0.25) is 0 Å². The molecule has 0 unspecified atom stereocenters.